The first kappa shape index (κ1) is 25.2. The largest absolute Gasteiger partial charge is 0.496 e. The summed E-state index contributed by atoms with van der Waals surface area (Å²) in [5.41, 5.74) is 2.23. The molecule has 1 saturated heterocycles. The van der Waals surface area contributed by atoms with E-state index >= 15 is 0 Å². The molecule has 9 heteroatoms. The second kappa shape index (κ2) is 11.2. The zero-order valence-electron chi connectivity index (χ0n) is 20.2. The molecule has 0 atom stereocenters. The minimum atomic E-state index is -3.59. The normalized spacial score (nSPS) is 17.3. The molecule has 0 radical (unpaired) electrons. The van der Waals surface area contributed by atoms with Crippen LogP contribution in [0.2, 0.25) is 0 Å². The Bertz CT molecular complexity index is 1170. The van der Waals surface area contributed by atoms with Crippen molar-refractivity contribution >= 4 is 27.5 Å². The standard InChI is InChI=1S/C26H33N3O5S/c1-34-24-11-5-4-9-21(24)18-27-25(30)19-29-23-14-13-22(17-20(23)10-8-12-26(29)31)35(32,33)28-15-6-2-3-7-16-28/h4-5,9,11,13-14,17H,2-3,6-8,10,12,15-16,18-19H2,1H3,(H,27,30). The van der Waals surface area contributed by atoms with Crippen molar-refractivity contribution in [1.82, 2.24) is 9.62 Å². The molecule has 8 nitrogen and oxygen atoms in total. The first-order chi connectivity index (χ1) is 16.9. The summed E-state index contributed by atoms with van der Waals surface area (Å²) in [7, 11) is -2.01. The molecular formula is C26H33N3O5S. The van der Waals surface area contributed by atoms with Crippen LogP contribution in [0.5, 0.6) is 5.75 Å². The van der Waals surface area contributed by atoms with Gasteiger partial charge in [-0.05, 0) is 55.5 Å². The number of sulfonamides is 1. The van der Waals surface area contributed by atoms with Crippen LogP contribution in [-0.2, 0) is 32.6 Å². The quantitative estimate of drug-likeness (QED) is 0.631. The summed E-state index contributed by atoms with van der Waals surface area (Å²) < 4.78 is 33.5. The second-order valence-corrected chi connectivity index (χ2v) is 11.0. The molecule has 0 aromatic heterocycles. The van der Waals surface area contributed by atoms with Gasteiger partial charge >= 0.3 is 0 Å². The van der Waals surface area contributed by atoms with Gasteiger partial charge in [-0.3, -0.25) is 9.59 Å². The minimum absolute atomic E-state index is 0.126. The Morgan fingerprint density at radius 2 is 1.74 bits per heavy atom. The van der Waals surface area contributed by atoms with Gasteiger partial charge in [0, 0.05) is 37.3 Å². The van der Waals surface area contributed by atoms with Gasteiger partial charge in [-0.15, -0.1) is 0 Å². The molecule has 2 aromatic carbocycles. The number of rotatable bonds is 7. The average Bonchev–Trinajstić information content (AvgIpc) is 3.23. The minimum Gasteiger partial charge on any atom is -0.496 e. The number of carbonyl (C=O) groups is 2. The number of fused-ring (bicyclic) bond motifs is 1. The van der Waals surface area contributed by atoms with E-state index in [9.17, 15) is 18.0 Å². The number of hydrogen-bond acceptors (Lipinski definition) is 5. The lowest BCUT2D eigenvalue weighted by Gasteiger charge is -2.24. The smallest absolute Gasteiger partial charge is 0.243 e. The van der Waals surface area contributed by atoms with Gasteiger partial charge in [-0.25, -0.2) is 8.42 Å². The van der Waals surface area contributed by atoms with E-state index in [-0.39, 0.29) is 29.8 Å². The third-order valence-corrected chi connectivity index (χ3v) is 8.55. The zero-order chi connectivity index (χ0) is 24.8. The van der Waals surface area contributed by atoms with E-state index < -0.39 is 10.0 Å². The van der Waals surface area contributed by atoms with Gasteiger partial charge in [-0.2, -0.15) is 4.31 Å². The molecule has 2 amide bonds. The van der Waals surface area contributed by atoms with E-state index in [1.54, 1.807) is 29.6 Å². The highest BCUT2D eigenvalue weighted by molar-refractivity contribution is 7.89. The van der Waals surface area contributed by atoms with Gasteiger partial charge in [0.25, 0.3) is 0 Å². The molecule has 2 aliphatic heterocycles. The van der Waals surface area contributed by atoms with E-state index in [0.717, 1.165) is 36.8 Å². The first-order valence-electron chi connectivity index (χ1n) is 12.2. The monoisotopic (exact) mass is 499 g/mol. The lowest BCUT2D eigenvalue weighted by molar-refractivity contribution is -0.123. The third kappa shape index (κ3) is 5.85. The summed E-state index contributed by atoms with van der Waals surface area (Å²) in [6, 6.07) is 12.4. The lowest BCUT2D eigenvalue weighted by atomic mass is 10.1. The molecule has 0 saturated carbocycles. The summed E-state index contributed by atoms with van der Waals surface area (Å²) in [6.07, 6.45) is 5.34. The molecule has 0 unspecified atom stereocenters. The number of carbonyl (C=O) groups excluding carboxylic acids is 2. The van der Waals surface area contributed by atoms with Crippen LogP contribution in [0.25, 0.3) is 0 Å². The summed E-state index contributed by atoms with van der Waals surface area (Å²) in [4.78, 5) is 27.4. The molecule has 188 valence electrons. The van der Waals surface area contributed by atoms with E-state index in [1.165, 1.54) is 4.90 Å². The topological polar surface area (TPSA) is 96.0 Å². The van der Waals surface area contributed by atoms with Crippen LogP contribution in [0.4, 0.5) is 5.69 Å². The SMILES string of the molecule is COc1ccccc1CNC(=O)CN1C(=O)CCCc2cc(S(=O)(=O)N3CCCCCC3)ccc21. The zero-order valence-corrected chi connectivity index (χ0v) is 21.0. The van der Waals surface area contributed by atoms with Crippen molar-refractivity contribution in [2.24, 2.45) is 0 Å². The van der Waals surface area contributed by atoms with Gasteiger partial charge in [0.15, 0.2) is 0 Å². The Morgan fingerprint density at radius 1 is 1.00 bits per heavy atom. The molecule has 1 fully saturated rings. The molecule has 2 aliphatic rings. The highest BCUT2D eigenvalue weighted by Crippen LogP contribution is 2.31. The summed E-state index contributed by atoms with van der Waals surface area (Å²) >= 11 is 0. The van der Waals surface area contributed by atoms with Crippen LogP contribution in [0.3, 0.4) is 0 Å². The van der Waals surface area contributed by atoms with Crippen molar-refractivity contribution in [2.75, 3.05) is 31.6 Å². The molecule has 2 aromatic rings. The number of hydrogen-bond donors (Lipinski definition) is 1. The van der Waals surface area contributed by atoms with Crippen molar-refractivity contribution in [1.29, 1.82) is 0 Å². The maximum Gasteiger partial charge on any atom is 0.243 e. The van der Waals surface area contributed by atoms with Crippen LogP contribution in [-0.4, -0.2) is 51.3 Å². The van der Waals surface area contributed by atoms with Gasteiger partial charge < -0.3 is 15.0 Å². The fourth-order valence-electron chi connectivity index (χ4n) is 4.73. The first-order valence-corrected chi connectivity index (χ1v) is 13.7. The van der Waals surface area contributed by atoms with Gasteiger partial charge in [0.1, 0.15) is 12.3 Å². The number of methoxy groups -OCH3 is 1. The van der Waals surface area contributed by atoms with E-state index in [1.807, 2.05) is 24.3 Å². The number of nitrogens with zero attached hydrogens (tertiary/aromatic N) is 2. The fraction of sp³-hybridized carbons (Fsp3) is 0.462. The molecule has 0 aliphatic carbocycles. The number of anilines is 1. The van der Waals surface area contributed by atoms with Crippen LogP contribution in [0, 0.1) is 0 Å². The van der Waals surface area contributed by atoms with Crippen LogP contribution in [0.1, 0.15) is 49.7 Å². The number of aryl methyl sites for hydroxylation is 1. The Morgan fingerprint density at radius 3 is 2.49 bits per heavy atom. The van der Waals surface area contributed by atoms with E-state index in [2.05, 4.69) is 5.32 Å². The summed E-state index contributed by atoms with van der Waals surface area (Å²) in [6.45, 7) is 1.23. The highest BCUT2D eigenvalue weighted by Gasteiger charge is 2.29. The number of benzene rings is 2. The van der Waals surface area contributed by atoms with Gasteiger partial charge in [-0.1, -0.05) is 31.0 Å². The van der Waals surface area contributed by atoms with Crippen molar-refractivity contribution in [2.45, 2.75) is 56.4 Å². The van der Waals surface area contributed by atoms with E-state index in [4.69, 9.17) is 4.74 Å². The predicted molar refractivity (Wildman–Crippen MR) is 134 cm³/mol. The van der Waals surface area contributed by atoms with Crippen LogP contribution in [0.15, 0.2) is 47.4 Å². The Balaban J connectivity index is 1.51. The molecule has 0 bridgehead atoms. The molecule has 35 heavy (non-hydrogen) atoms. The van der Waals surface area contributed by atoms with Crippen LogP contribution < -0.4 is 15.0 Å². The second-order valence-electron chi connectivity index (χ2n) is 9.03. The molecule has 1 N–H and O–H groups in total. The number of nitrogens with one attached hydrogen (secondary N) is 1. The number of para-hydroxylation sites is 1. The lowest BCUT2D eigenvalue weighted by Crippen LogP contribution is -2.40. The van der Waals surface area contributed by atoms with Crippen molar-refractivity contribution in [3.8, 4) is 5.75 Å². The Kier molecular flexibility index (Phi) is 8.07. The average molecular weight is 500 g/mol. The molecule has 0 spiro atoms. The Labute approximate surface area is 207 Å². The predicted octanol–water partition coefficient (Wildman–Crippen LogP) is 3.25. The van der Waals surface area contributed by atoms with E-state index in [0.29, 0.717) is 43.8 Å². The van der Waals surface area contributed by atoms with Crippen molar-refractivity contribution in [3.05, 3.63) is 53.6 Å². The maximum atomic E-state index is 13.3. The fourth-order valence-corrected chi connectivity index (χ4v) is 6.30. The summed E-state index contributed by atoms with van der Waals surface area (Å²) in [5, 5.41) is 2.86. The van der Waals surface area contributed by atoms with Crippen molar-refractivity contribution < 1.29 is 22.7 Å². The molecule has 2 heterocycles. The Hall–Kier alpha value is -2.91. The number of ether oxygens (including phenoxy) is 1. The van der Waals surface area contributed by atoms with Crippen LogP contribution >= 0.6 is 0 Å². The molecular weight excluding hydrogens is 466 g/mol. The summed E-state index contributed by atoms with van der Waals surface area (Å²) in [5.74, 6) is 0.250. The third-order valence-electron chi connectivity index (χ3n) is 6.65. The van der Waals surface area contributed by atoms with Gasteiger partial charge in [0.2, 0.25) is 21.8 Å². The molecule has 4 rings (SSSR count). The highest BCUT2D eigenvalue weighted by atomic mass is 32.2. The number of amides is 2. The maximum absolute atomic E-state index is 13.3. The van der Waals surface area contributed by atoms with Gasteiger partial charge in [0.05, 0.1) is 12.0 Å². The van der Waals surface area contributed by atoms with Crippen molar-refractivity contribution in [3.63, 3.8) is 0 Å².